The molecule has 0 unspecified atom stereocenters. The first-order valence-corrected chi connectivity index (χ1v) is 17.9. The average molecular weight is 757 g/mol. The number of nitrogen functional groups attached to an aromatic ring is 2. The lowest BCUT2D eigenvalue weighted by atomic mass is 10.0. The van der Waals surface area contributed by atoms with Gasteiger partial charge in [-0.1, -0.05) is 48.5 Å². The highest BCUT2D eigenvalue weighted by Crippen LogP contribution is 2.42. The first-order chi connectivity index (χ1) is 27.8. The van der Waals surface area contributed by atoms with Crippen molar-refractivity contribution in [1.29, 1.82) is 0 Å². The van der Waals surface area contributed by atoms with Gasteiger partial charge in [0.05, 0.1) is 0 Å². The third kappa shape index (κ3) is 9.13. The maximum Gasteiger partial charge on any atom is 0.138 e. The Morgan fingerprint density at radius 1 is 0.298 bits per heavy atom. The molecule has 0 fully saturated rings. The minimum absolute atomic E-state index is 0.303. The zero-order valence-corrected chi connectivity index (χ0v) is 30.3. The molecule has 0 aromatic heterocycles. The molecule has 0 aliphatic rings. The van der Waals surface area contributed by atoms with Gasteiger partial charge in [0, 0.05) is 58.9 Å². The summed E-state index contributed by atoms with van der Waals surface area (Å²) in [5.41, 5.74) is 16.1. The van der Waals surface area contributed by atoms with Crippen LogP contribution < -0.4 is 35.2 Å². The van der Waals surface area contributed by atoms with E-state index >= 15 is 0 Å². The molecule has 57 heavy (non-hydrogen) atoms. The summed E-state index contributed by atoms with van der Waals surface area (Å²) in [5, 5.41) is 0. The molecule has 0 aliphatic heterocycles. The molecular formula is C48H34F2N2O5. The van der Waals surface area contributed by atoms with Gasteiger partial charge in [0.1, 0.15) is 69.1 Å². The van der Waals surface area contributed by atoms with E-state index in [2.05, 4.69) is 0 Å². The van der Waals surface area contributed by atoms with E-state index in [0.29, 0.717) is 80.0 Å². The van der Waals surface area contributed by atoms with Crippen LogP contribution in [0.15, 0.2) is 182 Å². The largest absolute Gasteiger partial charge is 0.457 e. The Morgan fingerprint density at radius 2 is 0.632 bits per heavy atom. The van der Waals surface area contributed by atoms with Gasteiger partial charge in [0.25, 0.3) is 0 Å². The predicted octanol–water partition coefficient (Wildman–Crippen LogP) is 13.4. The normalized spacial score (nSPS) is 10.8. The summed E-state index contributed by atoms with van der Waals surface area (Å²) >= 11 is 0. The van der Waals surface area contributed by atoms with Crippen molar-refractivity contribution in [1.82, 2.24) is 0 Å². The molecule has 0 spiro atoms. The molecule has 0 atom stereocenters. The fourth-order valence-corrected chi connectivity index (χ4v) is 6.11. The minimum atomic E-state index is -0.438. The number of ether oxygens (including phenoxy) is 5. The van der Waals surface area contributed by atoms with Crippen LogP contribution in [0, 0.1) is 11.6 Å². The number of hydrogen-bond donors (Lipinski definition) is 2. The fourth-order valence-electron chi connectivity index (χ4n) is 6.11. The van der Waals surface area contributed by atoms with Gasteiger partial charge in [-0.3, -0.25) is 0 Å². The zero-order chi connectivity index (χ0) is 39.1. The van der Waals surface area contributed by atoms with E-state index in [1.54, 1.807) is 72.8 Å². The lowest BCUT2D eigenvalue weighted by molar-refractivity contribution is 0.450. The van der Waals surface area contributed by atoms with Crippen molar-refractivity contribution < 1.29 is 32.5 Å². The minimum Gasteiger partial charge on any atom is -0.457 e. The van der Waals surface area contributed by atoms with Gasteiger partial charge in [0.15, 0.2) is 0 Å². The second kappa shape index (κ2) is 16.3. The average Bonchev–Trinajstić information content (AvgIpc) is 3.18. The van der Waals surface area contributed by atoms with Crippen molar-refractivity contribution in [2.75, 3.05) is 11.5 Å². The van der Waals surface area contributed by atoms with Gasteiger partial charge in [-0.2, -0.15) is 0 Å². The summed E-state index contributed by atoms with van der Waals surface area (Å²) < 4.78 is 59.8. The van der Waals surface area contributed by atoms with Crippen molar-refractivity contribution in [3.63, 3.8) is 0 Å². The molecule has 0 heterocycles. The molecule has 0 amide bonds. The fraction of sp³-hybridized carbons (Fsp3) is 0. The molecule has 0 aliphatic carbocycles. The van der Waals surface area contributed by atoms with Gasteiger partial charge in [0.2, 0.25) is 0 Å². The lowest BCUT2D eigenvalue weighted by Gasteiger charge is -2.17. The van der Waals surface area contributed by atoms with Crippen molar-refractivity contribution in [2.45, 2.75) is 0 Å². The molecule has 8 rings (SSSR count). The summed E-state index contributed by atoms with van der Waals surface area (Å²) in [5.74, 6) is 3.77. The number of rotatable bonds is 12. The highest BCUT2D eigenvalue weighted by Gasteiger charge is 2.16. The quantitative estimate of drug-likeness (QED) is 0.120. The molecule has 8 aromatic carbocycles. The molecule has 0 saturated carbocycles. The number of halogens is 2. The molecule has 9 heteroatoms. The zero-order valence-electron chi connectivity index (χ0n) is 30.3. The Hall–Kier alpha value is -7.78. The number of anilines is 2. The van der Waals surface area contributed by atoms with Gasteiger partial charge < -0.3 is 35.2 Å². The van der Waals surface area contributed by atoms with Crippen LogP contribution in [0.1, 0.15) is 0 Å². The van der Waals surface area contributed by atoms with E-state index in [1.165, 1.54) is 24.3 Å². The van der Waals surface area contributed by atoms with E-state index in [4.69, 9.17) is 35.2 Å². The van der Waals surface area contributed by atoms with E-state index in [-0.39, 0.29) is 0 Å². The number of nitrogens with two attached hydrogens (primary N) is 2. The maximum absolute atomic E-state index is 14.3. The van der Waals surface area contributed by atoms with E-state index in [0.717, 1.165) is 11.1 Å². The van der Waals surface area contributed by atoms with Crippen molar-refractivity contribution in [3.05, 3.63) is 194 Å². The van der Waals surface area contributed by atoms with Crippen molar-refractivity contribution in [2.24, 2.45) is 0 Å². The van der Waals surface area contributed by atoms with Crippen LogP contribution in [0.5, 0.6) is 57.5 Å². The van der Waals surface area contributed by atoms with Crippen LogP contribution in [0.25, 0.3) is 22.3 Å². The molecule has 0 radical (unpaired) electrons. The molecule has 4 N–H and O–H groups in total. The Kier molecular flexibility index (Phi) is 10.4. The summed E-state index contributed by atoms with van der Waals surface area (Å²) in [6, 6.07) is 51.9. The van der Waals surface area contributed by atoms with Crippen LogP contribution in [0.2, 0.25) is 0 Å². The molecular weight excluding hydrogens is 723 g/mol. The van der Waals surface area contributed by atoms with Crippen LogP contribution in [0.3, 0.4) is 0 Å². The monoisotopic (exact) mass is 756 g/mol. The Labute approximate surface area is 327 Å². The molecule has 7 nitrogen and oxygen atoms in total. The van der Waals surface area contributed by atoms with Gasteiger partial charge in [-0.25, -0.2) is 8.78 Å². The predicted molar refractivity (Wildman–Crippen MR) is 219 cm³/mol. The number of benzene rings is 8. The van der Waals surface area contributed by atoms with E-state index < -0.39 is 11.6 Å². The Bertz CT molecular complexity index is 2520. The molecule has 0 saturated heterocycles. The molecule has 8 aromatic rings. The molecule has 280 valence electrons. The van der Waals surface area contributed by atoms with Gasteiger partial charge in [-0.15, -0.1) is 0 Å². The lowest BCUT2D eigenvalue weighted by Crippen LogP contribution is -1.94. The van der Waals surface area contributed by atoms with Crippen LogP contribution in [-0.2, 0) is 0 Å². The second-order valence-corrected chi connectivity index (χ2v) is 12.9. The summed E-state index contributed by atoms with van der Waals surface area (Å²) in [7, 11) is 0. The highest BCUT2D eigenvalue weighted by atomic mass is 19.1. The maximum atomic E-state index is 14.3. The summed E-state index contributed by atoms with van der Waals surface area (Å²) in [6.07, 6.45) is 0. The Morgan fingerprint density at radius 3 is 1.02 bits per heavy atom. The smallest absolute Gasteiger partial charge is 0.138 e. The second-order valence-electron chi connectivity index (χ2n) is 12.9. The SMILES string of the molecule is Nc1cccc(Oc2cccc(-c3ccc(Oc4ccc(-c5cccc(Oc6cccc(N)c6)c5)c(Oc5cccc(F)c5)c4)cc3Oc3cccc(F)c3)c2)c1. The van der Waals surface area contributed by atoms with E-state index in [9.17, 15) is 8.78 Å². The Balaban J connectivity index is 1.13. The van der Waals surface area contributed by atoms with Crippen LogP contribution >= 0.6 is 0 Å². The summed E-state index contributed by atoms with van der Waals surface area (Å²) in [4.78, 5) is 0. The standard InChI is InChI=1S/C48H34F2N2O5/c49-33-9-3-15-39(25-33)56-47-29-43(19-21-45(47)31-7-1-13-37(23-31)53-41-17-5-11-35(51)27-41)55-44-20-22-46(48(30-44)57-40-16-4-10-34(50)26-40)32-8-2-14-38(24-32)54-42-18-6-12-36(52)28-42/h1-30H,51-52H2. The third-order valence-corrected chi connectivity index (χ3v) is 8.67. The van der Waals surface area contributed by atoms with Gasteiger partial charge >= 0.3 is 0 Å². The van der Waals surface area contributed by atoms with Gasteiger partial charge in [-0.05, 0) is 108 Å². The molecule has 0 bridgehead atoms. The van der Waals surface area contributed by atoms with Crippen LogP contribution in [-0.4, -0.2) is 0 Å². The topological polar surface area (TPSA) is 98.2 Å². The highest BCUT2D eigenvalue weighted by molar-refractivity contribution is 5.75. The van der Waals surface area contributed by atoms with Crippen LogP contribution in [0.4, 0.5) is 20.2 Å². The first-order valence-electron chi connectivity index (χ1n) is 17.9. The number of hydrogen-bond acceptors (Lipinski definition) is 7. The van der Waals surface area contributed by atoms with Crippen molar-refractivity contribution in [3.8, 4) is 79.7 Å². The first kappa shape index (κ1) is 36.2. The summed E-state index contributed by atoms with van der Waals surface area (Å²) in [6.45, 7) is 0. The van der Waals surface area contributed by atoms with Crippen molar-refractivity contribution >= 4 is 11.4 Å². The van der Waals surface area contributed by atoms with E-state index in [1.807, 2.05) is 84.9 Å². The third-order valence-electron chi connectivity index (χ3n) is 8.67.